The quantitative estimate of drug-likeness (QED) is 0.840. The van der Waals surface area contributed by atoms with Crippen molar-refractivity contribution in [3.05, 3.63) is 18.0 Å². The maximum Gasteiger partial charge on any atom is 0.414 e. The van der Waals surface area contributed by atoms with Gasteiger partial charge in [0.1, 0.15) is 5.60 Å². The van der Waals surface area contributed by atoms with Gasteiger partial charge in [0.2, 0.25) is 5.95 Å². The van der Waals surface area contributed by atoms with Crippen molar-refractivity contribution in [1.82, 2.24) is 9.97 Å². The molecular formula is C12H20N4O2. The van der Waals surface area contributed by atoms with Crippen molar-refractivity contribution >= 4 is 12.0 Å². The molecule has 1 aromatic rings. The number of carbonyl (C=O) groups excluding carboxylic acids is 1. The van der Waals surface area contributed by atoms with Crippen LogP contribution in [-0.2, 0) is 10.3 Å². The highest BCUT2D eigenvalue weighted by atomic mass is 16.6. The number of hydrogen-bond acceptors (Lipinski definition) is 5. The molecule has 0 aliphatic rings. The molecule has 0 saturated carbocycles. The Morgan fingerprint density at radius 1 is 1.22 bits per heavy atom. The smallest absolute Gasteiger partial charge is 0.414 e. The Morgan fingerprint density at radius 2 is 1.72 bits per heavy atom. The first-order valence-corrected chi connectivity index (χ1v) is 5.69. The number of nitrogens with zero attached hydrogens (tertiary/aromatic N) is 2. The Kier molecular flexibility index (Phi) is 3.91. The third-order valence-electron chi connectivity index (χ3n) is 2.01. The van der Waals surface area contributed by atoms with E-state index in [0.29, 0.717) is 0 Å². The lowest BCUT2D eigenvalue weighted by atomic mass is 9.99. The van der Waals surface area contributed by atoms with Crippen LogP contribution in [-0.4, -0.2) is 21.7 Å². The topological polar surface area (TPSA) is 90.1 Å². The number of nitrogens with one attached hydrogen (secondary N) is 1. The van der Waals surface area contributed by atoms with Crippen LogP contribution in [0.5, 0.6) is 0 Å². The Labute approximate surface area is 107 Å². The van der Waals surface area contributed by atoms with Crippen LogP contribution in [0.2, 0.25) is 0 Å². The fourth-order valence-electron chi connectivity index (χ4n) is 1.12. The lowest BCUT2D eigenvalue weighted by Crippen LogP contribution is -2.30. The molecule has 0 fully saturated rings. The first-order chi connectivity index (χ1) is 8.08. The summed E-state index contributed by atoms with van der Waals surface area (Å²) in [4.78, 5) is 19.5. The average Bonchev–Trinajstić information content (AvgIpc) is 2.13. The van der Waals surface area contributed by atoms with Crippen molar-refractivity contribution in [3.63, 3.8) is 0 Å². The van der Waals surface area contributed by atoms with Crippen LogP contribution >= 0.6 is 0 Å². The molecule has 1 rings (SSSR count). The zero-order valence-electron chi connectivity index (χ0n) is 11.4. The fourth-order valence-corrected chi connectivity index (χ4v) is 1.12. The molecule has 1 heterocycles. The van der Waals surface area contributed by atoms with Crippen LogP contribution in [0.25, 0.3) is 0 Å². The molecule has 0 aromatic carbocycles. The van der Waals surface area contributed by atoms with E-state index in [2.05, 4.69) is 15.3 Å². The molecule has 0 spiro atoms. The predicted octanol–water partition coefficient (Wildman–Crippen LogP) is 2.02. The van der Waals surface area contributed by atoms with Gasteiger partial charge < -0.3 is 10.5 Å². The summed E-state index contributed by atoms with van der Waals surface area (Å²) in [5.41, 5.74) is 5.63. The molecular weight excluding hydrogens is 232 g/mol. The summed E-state index contributed by atoms with van der Waals surface area (Å²) in [7, 11) is 0. The van der Waals surface area contributed by atoms with E-state index in [-0.39, 0.29) is 5.95 Å². The number of rotatable bonds is 2. The van der Waals surface area contributed by atoms with Gasteiger partial charge in [-0.25, -0.2) is 14.8 Å². The molecule has 0 saturated heterocycles. The van der Waals surface area contributed by atoms with E-state index in [9.17, 15) is 4.79 Å². The molecule has 6 heteroatoms. The average molecular weight is 252 g/mol. The first kappa shape index (κ1) is 14.4. The zero-order chi connectivity index (χ0) is 14.0. The highest BCUT2D eigenvalue weighted by Gasteiger charge is 2.18. The lowest BCUT2D eigenvalue weighted by Gasteiger charge is -2.20. The molecule has 0 bridgehead atoms. The third kappa shape index (κ3) is 4.67. The summed E-state index contributed by atoms with van der Waals surface area (Å²) in [5, 5.41) is 2.45. The van der Waals surface area contributed by atoms with Crippen molar-refractivity contribution < 1.29 is 9.53 Å². The number of hydrogen-bond donors (Lipinski definition) is 2. The second kappa shape index (κ2) is 4.89. The summed E-state index contributed by atoms with van der Waals surface area (Å²) in [6.07, 6.45) is 2.58. The van der Waals surface area contributed by atoms with E-state index in [1.54, 1.807) is 33.2 Å². The van der Waals surface area contributed by atoms with Gasteiger partial charge in [-0.05, 0) is 34.6 Å². The van der Waals surface area contributed by atoms with Crippen molar-refractivity contribution in [3.8, 4) is 0 Å². The largest absolute Gasteiger partial charge is 0.444 e. The van der Waals surface area contributed by atoms with Crippen molar-refractivity contribution in [2.75, 3.05) is 5.32 Å². The molecule has 0 unspecified atom stereocenters. The molecule has 0 aliphatic heterocycles. The maximum absolute atomic E-state index is 11.5. The normalized spacial score (nSPS) is 12.1. The van der Waals surface area contributed by atoms with Gasteiger partial charge in [-0.15, -0.1) is 0 Å². The van der Waals surface area contributed by atoms with Gasteiger partial charge in [-0.1, -0.05) is 0 Å². The zero-order valence-corrected chi connectivity index (χ0v) is 11.4. The van der Waals surface area contributed by atoms with Gasteiger partial charge in [-0.2, -0.15) is 0 Å². The molecule has 1 aromatic heterocycles. The summed E-state index contributed by atoms with van der Waals surface area (Å²) in [6, 6.07) is 0. The number of anilines is 1. The lowest BCUT2D eigenvalue weighted by molar-refractivity contribution is 0.0634. The monoisotopic (exact) mass is 252 g/mol. The number of aromatic nitrogens is 2. The van der Waals surface area contributed by atoms with Gasteiger partial charge in [0.25, 0.3) is 0 Å². The first-order valence-electron chi connectivity index (χ1n) is 5.69. The minimum absolute atomic E-state index is 0.192. The minimum atomic E-state index is -0.581. The van der Waals surface area contributed by atoms with Crippen LogP contribution in [0.3, 0.4) is 0 Å². The van der Waals surface area contributed by atoms with E-state index in [1.165, 1.54) is 0 Å². The number of ether oxygens (including phenoxy) is 1. The third-order valence-corrected chi connectivity index (χ3v) is 2.01. The minimum Gasteiger partial charge on any atom is -0.444 e. The molecule has 0 aliphatic carbocycles. The molecule has 1 amide bonds. The Balaban J connectivity index is 2.67. The van der Waals surface area contributed by atoms with Crippen LogP contribution in [0.1, 0.15) is 40.2 Å². The molecule has 0 atom stereocenters. The second-order valence-corrected chi connectivity index (χ2v) is 5.64. The molecule has 0 radical (unpaired) electrons. The van der Waals surface area contributed by atoms with Crippen molar-refractivity contribution in [2.24, 2.45) is 5.73 Å². The van der Waals surface area contributed by atoms with E-state index >= 15 is 0 Å². The summed E-state index contributed by atoms with van der Waals surface area (Å²) < 4.78 is 5.08. The molecule has 6 nitrogen and oxygen atoms in total. The summed E-state index contributed by atoms with van der Waals surface area (Å²) >= 11 is 0. The number of amides is 1. The van der Waals surface area contributed by atoms with E-state index < -0.39 is 17.2 Å². The SMILES string of the molecule is CC(C)(C)OC(=O)Nc1ncc(C(C)(C)N)cn1. The van der Waals surface area contributed by atoms with Crippen LogP contribution < -0.4 is 11.1 Å². The van der Waals surface area contributed by atoms with E-state index in [0.717, 1.165) is 5.56 Å². The predicted molar refractivity (Wildman–Crippen MR) is 69.1 cm³/mol. The van der Waals surface area contributed by atoms with Gasteiger partial charge >= 0.3 is 6.09 Å². The Morgan fingerprint density at radius 3 is 2.11 bits per heavy atom. The number of nitrogens with two attached hydrogens (primary N) is 1. The van der Waals surface area contributed by atoms with Crippen molar-refractivity contribution in [2.45, 2.75) is 45.8 Å². The van der Waals surface area contributed by atoms with Gasteiger partial charge in [-0.3, -0.25) is 5.32 Å². The van der Waals surface area contributed by atoms with Crippen molar-refractivity contribution in [1.29, 1.82) is 0 Å². The second-order valence-electron chi connectivity index (χ2n) is 5.64. The highest BCUT2D eigenvalue weighted by Crippen LogP contribution is 2.15. The standard InChI is InChI=1S/C12H20N4O2/c1-11(2,3)18-10(17)16-9-14-6-8(7-15-9)12(4,5)13/h6-7H,13H2,1-5H3,(H,14,15,16,17). The molecule has 18 heavy (non-hydrogen) atoms. The highest BCUT2D eigenvalue weighted by molar-refractivity contribution is 5.82. The van der Waals surface area contributed by atoms with E-state index in [4.69, 9.17) is 10.5 Å². The van der Waals surface area contributed by atoms with E-state index in [1.807, 2.05) is 13.8 Å². The Hall–Kier alpha value is -1.69. The number of carbonyl (C=O) groups is 1. The maximum atomic E-state index is 11.5. The van der Waals surface area contributed by atoms with Gasteiger partial charge in [0.05, 0.1) is 0 Å². The van der Waals surface area contributed by atoms with Crippen LogP contribution in [0, 0.1) is 0 Å². The molecule has 3 N–H and O–H groups in total. The van der Waals surface area contributed by atoms with Crippen LogP contribution in [0.15, 0.2) is 12.4 Å². The van der Waals surface area contributed by atoms with Crippen LogP contribution in [0.4, 0.5) is 10.7 Å². The summed E-state index contributed by atoms with van der Waals surface area (Å²) in [5.74, 6) is 0.192. The fraction of sp³-hybridized carbons (Fsp3) is 0.583. The van der Waals surface area contributed by atoms with Gasteiger partial charge in [0.15, 0.2) is 0 Å². The summed E-state index contributed by atoms with van der Waals surface area (Å²) in [6.45, 7) is 9.06. The molecule has 100 valence electrons. The van der Waals surface area contributed by atoms with Gasteiger partial charge in [0, 0.05) is 23.5 Å². The Bertz CT molecular complexity index is 415.